The summed E-state index contributed by atoms with van der Waals surface area (Å²) in [5.74, 6) is 0.602. The first kappa shape index (κ1) is 15.2. The average molecular weight is 249 g/mol. The predicted octanol–water partition coefficient (Wildman–Crippen LogP) is 3.53. The summed E-state index contributed by atoms with van der Waals surface area (Å²) in [7, 11) is 0. The molecule has 0 spiro atoms. The third-order valence-electron chi connectivity index (χ3n) is 3.27. The van der Waals surface area contributed by atoms with E-state index in [1.54, 1.807) is 0 Å². The minimum atomic E-state index is 0.325. The van der Waals surface area contributed by atoms with Gasteiger partial charge in [-0.25, -0.2) is 0 Å². The van der Waals surface area contributed by atoms with E-state index < -0.39 is 0 Å². The Balaban J connectivity index is 2.31. The fourth-order valence-corrected chi connectivity index (χ4v) is 2.25. The average Bonchev–Trinajstić information content (AvgIpc) is 2.38. The molecule has 1 rings (SSSR count). The summed E-state index contributed by atoms with van der Waals surface area (Å²) in [6, 6.07) is 11.1. The number of unbranched alkanes of at least 4 members (excludes halogenated alkanes) is 3. The molecule has 0 saturated heterocycles. The molecule has 0 aliphatic rings. The Morgan fingerprint density at radius 1 is 1.00 bits per heavy atom. The second-order valence-corrected chi connectivity index (χ2v) is 5.22. The molecule has 2 N–H and O–H groups in total. The van der Waals surface area contributed by atoms with Crippen molar-refractivity contribution in [3.8, 4) is 0 Å². The zero-order chi connectivity index (χ0) is 13.2. The van der Waals surface area contributed by atoms with E-state index in [4.69, 9.17) is 5.11 Å². The molecule has 2 heteroatoms. The van der Waals surface area contributed by atoms with Crippen LogP contribution in [0.2, 0.25) is 0 Å². The first-order valence-corrected chi connectivity index (χ1v) is 7.15. The Bertz CT molecular complexity index is 297. The Kier molecular flexibility index (Phi) is 7.70. The zero-order valence-corrected chi connectivity index (χ0v) is 11.7. The Hall–Kier alpha value is -0.860. The minimum absolute atomic E-state index is 0.325. The van der Waals surface area contributed by atoms with Crippen LogP contribution in [0.5, 0.6) is 0 Å². The van der Waals surface area contributed by atoms with Crippen LogP contribution in [-0.4, -0.2) is 18.3 Å². The second kappa shape index (κ2) is 9.12. The highest BCUT2D eigenvalue weighted by Gasteiger charge is 2.13. The maximum atomic E-state index is 8.72. The van der Waals surface area contributed by atoms with Gasteiger partial charge in [-0.15, -0.1) is 0 Å². The van der Waals surface area contributed by atoms with Crippen molar-refractivity contribution in [1.29, 1.82) is 0 Å². The van der Waals surface area contributed by atoms with Crippen LogP contribution in [0.4, 0.5) is 0 Å². The fraction of sp³-hybridized carbons (Fsp3) is 0.625. The van der Waals surface area contributed by atoms with Gasteiger partial charge in [0.25, 0.3) is 0 Å². The van der Waals surface area contributed by atoms with Crippen LogP contribution in [0, 0.1) is 5.92 Å². The molecule has 0 heterocycles. The van der Waals surface area contributed by atoms with Crippen LogP contribution in [0.15, 0.2) is 30.3 Å². The van der Waals surface area contributed by atoms with Gasteiger partial charge in [-0.2, -0.15) is 0 Å². The monoisotopic (exact) mass is 249 g/mol. The van der Waals surface area contributed by atoms with E-state index in [9.17, 15) is 0 Å². The van der Waals surface area contributed by atoms with Crippen molar-refractivity contribution in [3.63, 3.8) is 0 Å². The molecule has 0 aromatic heterocycles. The van der Waals surface area contributed by atoms with Gasteiger partial charge in [-0.05, 0) is 30.9 Å². The minimum Gasteiger partial charge on any atom is -0.396 e. The third-order valence-corrected chi connectivity index (χ3v) is 3.27. The highest BCUT2D eigenvalue weighted by atomic mass is 16.2. The molecule has 0 amide bonds. The number of nitrogens with one attached hydrogen (secondary N) is 1. The SMILES string of the molecule is CC(C)C(NCCCCCCO)c1ccccc1. The summed E-state index contributed by atoms with van der Waals surface area (Å²) in [6.45, 7) is 5.90. The van der Waals surface area contributed by atoms with E-state index in [0.29, 0.717) is 18.6 Å². The van der Waals surface area contributed by atoms with Crippen molar-refractivity contribution in [3.05, 3.63) is 35.9 Å². The normalized spacial score (nSPS) is 12.9. The van der Waals surface area contributed by atoms with Gasteiger partial charge < -0.3 is 10.4 Å². The lowest BCUT2D eigenvalue weighted by Gasteiger charge is -2.23. The Morgan fingerprint density at radius 2 is 1.67 bits per heavy atom. The van der Waals surface area contributed by atoms with Gasteiger partial charge in [0.1, 0.15) is 0 Å². The summed E-state index contributed by atoms with van der Waals surface area (Å²) in [6.07, 6.45) is 4.46. The summed E-state index contributed by atoms with van der Waals surface area (Å²) in [5, 5.41) is 12.4. The van der Waals surface area contributed by atoms with E-state index in [1.807, 2.05) is 0 Å². The number of benzene rings is 1. The van der Waals surface area contributed by atoms with Crippen LogP contribution in [-0.2, 0) is 0 Å². The number of hydrogen-bond donors (Lipinski definition) is 2. The summed E-state index contributed by atoms with van der Waals surface area (Å²) >= 11 is 0. The van der Waals surface area contributed by atoms with Crippen LogP contribution in [0.3, 0.4) is 0 Å². The van der Waals surface area contributed by atoms with E-state index in [-0.39, 0.29) is 0 Å². The van der Waals surface area contributed by atoms with Crippen molar-refractivity contribution in [2.45, 2.75) is 45.6 Å². The van der Waals surface area contributed by atoms with E-state index in [0.717, 1.165) is 19.4 Å². The van der Waals surface area contributed by atoms with Crippen LogP contribution < -0.4 is 5.32 Å². The van der Waals surface area contributed by atoms with Gasteiger partial charge in [0.2, 0.25) is 0 Å². The molecule has 0 fully saturated rings. The predicted molar refractivity (Wildman–Crippen MR) is 77.6 cm³/mol. The van der Waals surface area contributed by atoms with Crippen LogP contribution in [0.1, 0.15) is 51.1 Å². The number of rotatable bonds is 9. The quantitative estimate of drug-likeness (QED) is 0.656. The highest BCUT2D eigenvalue weighted by Crippen LogP contribution is 2.21. The number of aliphatic hydroxyl groups is 1. The molecule has 1 unspecified atom stereocenters. The fourth-order valence-electron chi connectivity index (χ4n) is 2.25. The third kappa shape index (κ3) is 5.65. The topological polar surface area (TPSA) is 32.3 Å². The molecular formula is C16H27NO. The van der Waals surface area contributed by atoms with Gasteiger partial charge in [0.15, 0.2) is 0 Å². The van der Waals surface area contributed by atoms with Crippen molar-refractivity contribution in [1.82, 2.24) is 5.32 Å². The van der Waals surface area contributed by atoms with Gasteiger partial charge in [0, 0.05) is 12.6 Å². The number of hydrogen-bond acceptors (Lipinski definition) is 2. The lowest BCUT2D eigenvalue weighted by atomic mass is 9.96. The zero-order valence-electron chi connectivity index (χ0n) is 11.7. The highest BCUT2D eigenvalue weighted by molar-refractivity contribution is 5.19. The molecule has 0 radical (unpaired) electrons. The van der Waals surface area contributed by atoms with Crippen molar-refractivity contribution in [2.24, 2.45) is 5.92 Å². The standard InChI is InChI=1S/C16H27NO/c1-14(2)16(15-10-6-5-7-11-15)17-12-8-3-4-9-13-18/h5-7,10-11,14,16-18H,3-4,8-9,12-13H2,1-2H3. The molecule has 1 aromatic rings. The summed E-state index contributed by atoms with van der Waals surface area (Å²) in [5.41, 5.74) is 1.38. The molecule has 0 aliphatic heterocycles. The number of aliphatic hydroxyl groups excluding tert-OH is 1. The van der Waals surface area contributed by atoms with Crippen molar-refractivity contribution < 1.29 is 5.11 Å². The Morgan fingerprint density at radius 3 is 2.28 bits per heavy atom. The van der Waals surface area contributed by atoms with Crippen molar-refractivity contribution in [2.75, 3.05) is 13.2 Å². The lowest BCUT2D eigenvalue weighted by Crippen LogP contribution is -2.26. The van der Waals surface area contributed by atoms with Gasteiger partial charge >= 0.3 is 0 Å². The van der Waals surface area contributed by atoms with Gasteiger partial charge in [0.05, 0.1) is 0 Å². The van der Waals surface area contributed by atoms with E-state index in [1.165, 1.54) is 18.4 Å². The van der Waals surface area contributed by atoms with E-state index >= 15 is 0 Å². The molecule has 1 aromatic carbocycles. The lowest BCUT2D eigenvalue weighted by molar-refractivity contribution is 0.282. The molecule has 2 nitrogen and oxygen atoms in total. The summed E-state index contributed by atoms with van der Waals surface area (Å²) < 4.78 is 0. The Labute approximate surface area is 111 Å². The molecule has 0 bridgehead atoms. The first-order valence-electron chi connectivity index (χ1n) is 7.15. The van der Waals surface area contributed by atoms with Crippen LogP contribution in [0.25, 0.3) is 0 Å². The molecular weight excluding hydrogens is 222 g/mol. The first-order chi connectivity index (χ1) is 8.75. The van der Waals surface area contributed by atoms with Crippen molar-refractivity contribution >= 4 is 0 Å². The largest absolute Gasteiger partial charge is 0.396 e. The molecule has 0 saturated carbocycles. The second-order valence-electron chi connectivity index (χ2n) is 5.22. The van der Waals surface area contributed by atoms with Gasteiger partial charge in [-0.1, -0.05) is 57.0 Å². The smallest absolute Gasteiger partial charge is 0.0431 e. The molecule has 102 valence electrons. The maximum Gasteiger partial charge on any atom is 0.0431 e. The van der Waals surface area contributed by atoms with Gasteiger partial charge in [-0.3, -0.25) is 0 Å². The molecule has 1 atom stereocenters. The van der Waals surface area contributed by atoms with E-state index in [2.05, 4.69) is 49.5 Å². The maximum absolute atomic E-state index is 8.72. The summed E-state index contributed by atoms with van der Waals surface area (Å²) in [4.78, 5) is 0. The van der Waals surface area contributed by atoms with Crippen LogP contribution >= 0.6 is 0 Å². The molecule has 0 aliphatic carbocycles. The molecule has 18 heavy (non-hydrogen) atoms.